The van der Waals surface area contributed by atoms with E-state index in [4.69, 9.17) is 22.8 Å². The van der Waals surface area contributed by atoms with Crippen molar-refractivity contribution in [1.29, 1.82) is 0 Å². The van der Waals surface area contributed by atoms with Crippen molar-refractivity contribution in [3.05, 3.63) is 278 Å². The molecule has 0 N–H and O–H groups in total. The molecule has 0 aliphatic rings. The largest absolute Gasteiger partial charge is 0.307 e. The van der Waals surface area contributed by atoms with Crippen LogP contribution in [0.2, 0.25) is 0 Å². The van der Waals surface area contributed by atoms with E-state index in [2.05, 4.69) is 9.97 Å². The Balaban J connectivity index is 1.24. The Morgan fingerprint density at radius 3 is 1.28 bits per heavy atom. The Labute approximate surface area is 493 Å². The molecule has 7 heteroatoms. The van der Waals surface area contributed by atoms with Crippen LogP contribution < -0.4 is 20.7 Å². The number of hydrogen-bond donors (Lipinski definition) is 0. The van der Waals surface area contributed by atoms with E-state index in [1.54, 1.807) is 48.5 Å². The quantitative estimate of drug-likeness (QED) is 0.107. The molecule has 0 atom stereocenters. The molecular weight excluding hydrogens is 941 g/mol. The summed E-state index contributed by atoms with van der Waals surface area (Å²) in [6.07, 6.45) is 0. The predicted octanol–water partition coefficient (Wildman–Crippen LogP) is 13.9. The van der Waals surface area contributed by atoms with Crippen molar-refractivity contribution in [2.45, 2.75) is 0 Å². The van der Waals surface area contributed by atoms with E-state index in [9.17, 15) is 34.3 Å². The summed E-state index contributed by atoms with van der Waals surface area (Å²) in [6.45, 7) is 0. The molecule has 356 valence electrons. The van der Waals surface area contributed by atoms with Crippen LogP contribution in [0.3, 0.4) is 0 Å². The van der Waals surface area contributed by atoms with Crippen molar-refractivity contribution < 1.29 is 52.1 Å². The average molecular weight is 1030 g/mol. The van der Waals surface area contributed by atoms with Crippen molar-refractivity contribution in [1.82, 2.24) is 28.7 Å². The van der Waals surface area contributed by atoms with Gasteiger partial charge in [0.2, 0.25) is 5.95 Å². The van der Waals surface area contributed by atoms with Gasteiger partial charge in [0.25, 0.3) is 0 Å². The lowest BCUT2D eigenvalue weighted by Gasteiger charge is -2.34. The van der Waals surface area contributed by atoms with Gasteiger partial charge in [0, 0.05) is 43.4 Å². The van der Waals surface area contributed by atoms with E-state index < -0.39 is 336 Å². The zero-order valence-corrected chi connectivity index (χ0v) is 39.3. The van der Waals surface area contributed by atoms with Gasteiger partial charge in [-0.3, -0.25) is 4.57 Å². The zero-order chi connectivity index (χ0) is 83.2. The minimum atomic E-state index is -6.72. The number of benzene rings is 11. The van der Waals surface area contributed by atoms with E-state index in [0.717, 1.165) is 4.57 Å². The van der Waals surface area contributed by atoms with Gasteiger partial charge in [-0.25, -0.2) is 4.98 Å². The lowest BCUT2D eigenvalue weighted by Crippen LogP contribution is -2.74. The monoisotopic (exact) mass is 1020 g/mol. The Morgan fingerprint density at radius 1 is 0.303 bits per heavy atom. The topological polar surface area (TPSA) is 53.5 Å². The van der Waals surface area contributed by atoms with Crippen LogP contribution in [0, 0.1) is 0 Å². The summed E-state index contributed by atoms with van der Waals surface area (Å²) in [5, 5.41) is -6.78. The lowest BCUT2D eigenvalue weighted by molar-refractivity contribution is 0.950. The lowest BCUT2D eigenvalue weighted by atomic mass is 10.1. The third-order valence-corrected chi connectivity index (χ3v) is 16.8. The van der Waals surface area contributed by atoms with Crippen LogP contribution in [0.5, 0.6) is 0 Å². The summed E-state index contributed by atoms with van der Waals surface area (Å²) in [5.74, 6) is -3.71. The average Bonchev–Trinajstić information content (AvgIpc) is 0.870. The van der Waals surface area contributed by atoms with Crippen LogP contribution in [0.1, 0.15) is 52.1 Å². The maximum Gasteiger partial charge on any atom is 0.238 e. The fourth-order valence-corrected chi connectivity index (χ4v) is 13.3. The van der Waals surface area contributed by atoms with E-state index in [0.29, 0.717) is 26.4 Å². The third kappa shape index (κ3) is 6.62. The molecule has 0 radical (unpaired) electrons. The van der Waals surface area contributed by atoms with E-state index in [-0.39, 0.29) is 5.69 Å². The molecular formula is C69H46N6Si. The molecule has 0 saturated carbocycles. The molecule has 0 amide bonds. The molecule has 15 aromatic rings. The molecule has 0 saturated heterocycles. The van der Waals surface area contributed by atoms with Crippen molar-refractivity contribution in [2.75, 3.05) is 0 Å². The maximum absolute atomic E-state index is 10.8. The number of fused-ring (bicyclic) bond motifs is 9. The summed E-state index contributed by atoms with van der Waals surface area (Å²) >= 11 is 0. The number of para-hydroxylation sites is 6. The number of aromatic nitrogens is 6. The molecule has 11 aromatic carbocycles. The van der Waals surface area contributed by atoms with Gasteiger partial charge >= 0.3 is 0 Å². The molecule has 15 rings (SSSR count). The summed E-state index contributed by atoms with van der Waals surface area (Å²) in [6, 6.07) is -31.7. The summed E-state index contributed by atoms with van der Waals surface area (Å²) in [4.78, 5) is 13.9. The van der Waals surface area contributed by atoms with Crippen LogP contribution in [-0.4, -0.2) is 36.7 Å². The van der Waals surface area contributed by atoms with Crippen molar-refractivity contribution >= 4 is 94.2 Å². The zero-order valence-electron chi connectivity index (χ0n) is 76.3. The highest BCUT2D eigenvalue weighted by molar-refractivity contribution is 7.19. The summed E-state index contributed by atoms with van der Waals surface area (Å²) < 4.78 is 364. The standard InChI is InChI=1S/C69H46N6Si/c1-5-24-47(25-6-1)67-70-68(48-26-21-33-52(46-48)76(49-27-7-2-8-28-49,50-29-9-3-10-30-50)51-31-11-4-12-32-51)72-69(71-67)75-62-43-20-16-37-56(62)58-39-23-45-64(66(58)75)74-61-42-19-15-36-55(61)57-38-22-44-63(65(57)74)73-59-40-17-13-34-53(59)54-35-14-18-41-60(54)73/h1-46H/i1D,2D,3D,4D,5D,6D,7D,8D,9D,10D,11D,12D,15D,16D,19D,20D,21D,22D,23D,24D,25D,26D,27D,28D,29D,30D,31D,32D,33D,36D,37D,38D,39D,42D,43D,44D,45D,46D. The van der Waals surface area contributed by atoms with Gasteiger partial charge in [0.1, 0.15) is 0 Å². The second kappa shape index (κ2) is 17.6. The van der Waals surface area contributed by atoms with Crippen LogP contribution in [0.15, 0.2) is 278 Å². The number of nitrogens with zero attached hydrogens (tertiary/aromatic N) is 6. The molecule has 0 bridgehead atoms. The number of rotatable bonds is 9. The fourth-order valence-electron chi connectivity index (χ4n) is 9.78. The molecule has 0 unspecified atom stereocenters. The molecule has 76 heavy (non-hydrogen) atoms. The Kier molecular flexibility index (Phi) is 4.65. The van der Waals surface area contributed by atoms with Crippen LogP contribution in [-0.2, 0) is 0 Å². The van der Waals surface area contributed by atoms with Crippen molar-refractivity contribution in [3.8, 4) is 40.1 Å². The Morgan fingerprint density at radius 2 is 0.711 bits per heavy atom. The van der Waals surface area contributed by atoms with Gasteiger partial charge < -0.3 is 9.13 Å². The highest BCUT2D eigenvalue weighted by atomic mass is 28.3. The molecule has 0 aliphatic heterocycles. The van der Waals surface area contributed by atoms with Crippen molar-refractivity contribution in [3.63, 3.8) is 0 Å². The minimum absolute atomic E-state index is 0.298. The fraction of sp³-hybridized carbons (Fsp3) is 0. The molecule has 4 heterocycles. The minimum Gasteiger partial charge on any atom is -0.307 e. The third-order valence-electron chi connectivity index (χ3n) is 12.8. The van der Waals surface area contributed by atoms with Crippen LogP contribution >= 0.6 is 0 Å². The molecule has 4 aromatic heterocycles. The second-order valence-electron chi connectivity index (χ2n) is 16.7. The SMILES string of the molecule is [2H]c1c([2H])c([2H])c(-c2nc(-c3c([2H])c([2H])c([2H])c([Si](c4c([2H])c([2H])c([2H])c([2H])c4[2H])(c4c([2H])c([2H])c([2H])c([2H])c4[2H])c4c([2H])c([2H])c([2H])c([2H])c4[2H])c3[2H])nc(-n3c4c([2H])c([2H])c([2H])c([2H])c4c4c([2H])c([2H])c([2H])c(-n5c6c([2H])c([2H])c([2H])c([2H])c6c6c([2H])c([2H])c([2H])c(-n7c8ccccc8c8ccccc87)c65)c43)n2)c([2H])c1[2H]. The van der Waals surface area contributed by atoms with Gasteiger partial charge in [-0.2, -0.15) is 9.97 Å². The van der Waals surface area contributed by atoms with E-state index >= 15 is 0 Å². The molecule has 0 spiro atoms. The van der Waals surface area contributed by atoms with Gasteiger partial charge in [-0.15, -0.1) is 0 Å². The number of hydrogen-bond acceptors (Lipinski definition) is 3. The van der Waals surface area contributed by atoms with Gasteiger partial charge in [0.05, 0.1) is 96.6 Å². The first-order chi connectivity index (χ1) is 53.5. The highest BCUT2D eigenvalue weighted by Gasteiger charge is 2.41. The first-order valence-corrected chi connectivity index (χ1v) is 24.8. The van der Waals surface area contributed by atoms with Gasteiger partial charge in [-0.05, 0) is 57.0 Å². The smallest absolute Gasteiger partial charge is 0.238 e. The van der Waals surface area contributed by atoms with Gasteiger partial charge in [-0.1, -0.05) is 242 Å². The first-order valence-electron chi connectivity index (χ1n) is 41.8. The molecule has 6 nitrogen and oxygen atoms in total. The Hall–Kier alpha value is -9.95. The Bertz CT molecular complexity index is 6710. The maximum atomic E-state index is 10.8. The van der Waals surface area contributed by atoms with Crippen LogP contribution in [0.25, 0.3) is 106 Å². The first kappa shape index (κ1) is 20.1. The van der Waals surface area contributed by atoms with Gasteiger partial charge in [0.15, 0.2) is 19.7 Å². The predicted molar refractivity (Wildman–Crippen MR) is 317 cm³/mol. The molecule has 0 fully saturated rings. The molecule has 0 aliphatic carbocycles. The van der Waals surface area contributed by atoms with E-state index in [1.165, 1.54) is 4.57 Å². The summed E-state index contributed by atoms with van der Waals surface area (Å²) in [5.41, 5.74) is -5.96. The normalized spacial score (nSPS) is 18.9. The van der Waals surface area contributed by atoms with E-state index in [1.807, 2.05) is 0 Å². The van der Waals surface area contributed by atoms with Crippen LogP contribution in [0.4, 0.5) is 0 Å². The highest BCUT2D eigenvalue weighted by Crippen LogP contribution is 2.43. The van der Waals surface area contributed by atoms with Crippen molar-refractivity contribution in [2.24, 2.45) is 0 Å². The second-order valence-corrected chi connectivity index (χ2v) is 20.2. The summed E-state index contributed by atoms with van der Waals surface area (Å²) in [7, 11) is -6.72.